The van der Waals surface area contributed by atoms with Crippen LogP contribution in [0.3, 0.4) is 0 Å². The van der Waals surface area contributed by atoms with Crippen molar-refractivity contribution in [2.24, 2.45) is 0 Å². The van der Waals surface area contributed by atoms with Crippen LogP contribution >= 0.6 is 11.8 Å². The second-order valence-corrected chi connectivity index (χ2v) is 9.99. The summed E-state index contributed by atoms with van der Waals surface area (Å²) in [4.78, 5) is 30.7. The lowest BCUT2D eigenvalue weighted by molar-refractivity contribution is -0.140. The van der Waals surface area contributed by atoms with Gasteiger partial charge in [0.15, 0.2) is 0 Å². The molecule has 3 rings (SSSR count). The zero-order valence-corrected chi connectivity index (χ0v) is 20.3. The number of thioether (sulfide) groups is 1. The Labute approximate surface area is 189 Å². The van der Waals surface area contributed by atoms with Crippen LogP contribution in [-0.2, 0) is 20.9 Å². The minimum atomic E-state index is 0.0653. The largest absolute Gasteiger partial charge is 0.372 e. The van der Waals surface area contributed by atoms with Crippen LogP contribution in [0, 0.1) is 0 Å². The quantitative estimate of drug-likeness (QED) is 0.604. The summed E-state index contributed by atoms with van der Waals surface area (Å²) in [6.45, 7) is 13.8. The molecule has 0 spiro atoms. The number of aromatic nitrogens is 1. The summed E-state index contributed by atoms with van der Waals surface area (Å²) in [6.07, 6.45) is 2.15. The maximum absolute atomic E-state index is 13.0. The lowest BCUT2D eigenvalue weighted by atomic mass is 10.2. The molecule has 1 aliphatic heterocycles. The molecular formula is C24H35N3O3S. The second kappa shape index (κ2) is 10.1. The molecule has 0 saturated carbocycles. The molecule has 1 aliphatic rings. The number of para-hydroxylation sites is 1. The molecule has 2 aromatic rings. The number of nitrogens with zero attached hydrogens (tertiary/aromatic N) is 3. The highest BCUT2D eigenvalue weighted by molar-refractivity contribution is 8.00. The van der Waals surface area contributed by atoms with Crippen molar-refractivity contribution in [2.45, 2.75) is 77.3 Å². The van der Waals surface area contributed by atoms with Gasteiger partial charge in [-0.1, -0.05) is 18.2 Å². The minimum Gasteiger partial charge on any atom is -0.372 e. The van der Waals surface area contributed by atoms with Crippen LogP contribution in [0.1, 0.15) is 41.5 Å². The van der Waals surface area contributed by atoms with Crippen LogP contribution in [0.15, 0.2) is 35.4 Å². The van der Waals surface area contributed by atoms with Gasteiger partial charge in [0.05, 0.1) is 18.0 Å². The van der Waals surface area contributed by atoms with Crippen molar-refractivity contribution in [3.8, 4) is 0 Å². The molecule has 2 atom stereocenters. The molecule has 2 heterocycles. The van der Waals surface area contributed by atoms with Gasteiger partial charge in [-0.2, -0.15) is 0 Å². The van der Waals surface area contributed by atoms with Gasteiger partial charge in [-0.15, -0.1) is 11.8 Å². The van der Waals surface area contributed by atoms with Gasteiger partial charge < -0.3 is 19.1 Å². The number of rotatable bonds is 7. The molecular weight excluding hydrogens is 410 g/mol. The number of carbonyl (C=O) groups excluding carboxylic acids is 2. The van der Waals surface area contributed by atoms with Gasteiger partial charge in [0.2, 0.25) is 11.8 Å². The summed E-state index contributed by atoms with van der Waals surface area (Å²) in [5.74, 6) is 0.617. The number of ether oxygens (including phenoxy) is 1. The third-order valence-electron chi connectivity index (χ3n) is 5.58. The Hall–Kier alpha value is -1.99. The van der Waals surface area contributed by atoms with E-state index in [0.29, 0.717) is 25.4 Å². The van der Waals surface area contributed by atoms with E-state index in [1.54, 1.807) is 11.8 Å². The smallest absolute Gasteiger partial charge is 0.242 e. The zero-order valence-electron chi connectivity index (χ0n) is 19.5. The number of hydrogen-bond donors (Lipinski definition) is 0. The standard InChI is InChI=1S/C24H35N3O3S/c1-16(2)27(17(3)4)23(28)14-25-13-22(20-9-7-8-10-21(20)25)31-15-24(29)26-11-18(5)30-19(6)12-26/h7-10,13,16-19H,11-12,14-15H2,1-6H3/t18-,19-/m0/s1. The van der Waals surface area contributed by atoms with Crippen molar-refractivity contribution in [3.05, 3.63) is 30.5 Å². The van der Waals surface area contributed by atoms with E-state index in [9.17, 15) is 9.59 Å². The van der Waals surface area contributed by atoms with E-state index < -0.39 is 0 Å². The van der Waals surface area contributed by atoms with Gasteiger partial charge in [0.25, 0.3) is 0 Å². The third kappa shape index (κ3) is 5.63. The number of morpholine rings is 1. The Balaban J connectivity index is 1.75. The lowest BCUT2D eigenvalue weighted by Gasteiger charge is -2.35. The molecule has 0 aliphatic carbocycles. The Morgan fingerprint density at radius 1 is 1.10 bits per heavy atom. The van der Waals surface area contributed by atoms with E-state index in [-0.39, 0.29) is 36.1 Å². The summed E-state index contributed by atoms with van der Waals surface area (Å²) < 4.78 is 7.76. The summed E-state index contributed by atoms with van der Waals surface area (Å²) in [5.41, 5.74) is 1.02. The fourth-order valence-corrected chi connectivity index (χ4v) is 5.46. The van der Waals surface area contributed by atoms with E-state index in [1.807, 2.05) is 80.3 Å². The fraction of sp³-hybridized carbons (Fsp3) is 0.583. The van der Waals surface area contributed by atoms with Crippen LogP contribution in [0.4, 0.5) is 0 Å². The van der Waals surface area contributed by atoms with Gasteiger partial charge in [-0.05, 0) is 47.6 Å². The van der Waals surface area contributed by atoms with Crippen LogP contribution in [0.5, 0.6) is 0 Å². The Morgan fingerprint density at radius 3 is 2.32 bits per heavy atom. The molecule has 2 amide bonds. The number of hydrogen-bond acceptors (Lipinski definition) is 4. The Kier molecular flexibility index (Phi) is 7.70. The molecule has 7 heteroatoms. The number of fused-ring (bicyclic) bond motifs is 1. The summed E-state index contributed by atoms with van der Waals surface area (Å²) >= 11 is 1.55. The van der Waals surface area contributed by atoms with E-state index in [2.05, 4.69) is 6.07 Å². The monoisotopic (exact) mass is 445 g/mol. The summed E-state index contributed by atoms with van der Waals surface area (Å²) in [7, 11) is 0. The highest BCUT2D eigenvalue weighted by Crippen LogP contribution is 2.30. The fourth-order valence-electron chi connectivity index (χ4n) is 4.47. The van der Waals surface area contributed by atoms with E-state index in [1.165, 1.54) is 0 Å². The first-order chi connectivity index (χ1) is 14.7. The predicted molar refractivity (Wildman–Crippen MR) is 126 cm³/mol. The molecule has 170 valence electrons. The first kappa shape index (κ1) is 23.7. The SMILES string of the molecule is CC(C)N(C(=O)Cn1cc(SCC(=O)N2C[C@H](C)O[C@@H](C)C2)c2ccccc21)C(C)C. The van der Waals surface area contributed by atoms with Crippen molar-refractivity contribution in [3.63, 3.8) is 0 Å². The van der Waals surface area contributed by atoms with Crippen molar-refractivity contribution in [1.82, 2.24) is 14.4 Å². The van der Waals surface area contributed by atoms with Gasteiger partial charge in [-0.3, -0.25) is 9.59 Å². The number of carbonyl (C=O) groups is 2. The van der Waals surface area contributed by atoms with E-state index >= 15 is 0 Å². The zero-order chi connectivity index (χ0) is 22.7. The molecule has 0 unspecified atom stereocenters. The molecule has 0 N–H and O–H groups in total. The summed E-state index contributed by atoms with van der Waals surface area (Å²) in [6, 6.07) is 8.39. The molecule has 1 saturated heterocycles. The van der Waals surface area contributed by atoms with Crippen LogP contribution in [0.2, 0.25) is 0 Å². The first-order valence-electron chi connectivity index (χ1n) is 11.1. The lowest BCUT2D eigenvalue weighted by Crippen LogP contribution is -2.48. The van der Waals surface area contributed by atoms with Gasteiger partial charge >= 0.3 is 0 Å². The molecule has 31 heavy (non-hydrogen) atoms. The maximum Gasteiger partial charge on any atom is 0.242 e. The third-order valence-corrected chi connectivity index (χ3v) is 6.61. The van der Waals surface area contributed by atoms with Crippen molar-refractivity contribution in [2.75, 3.05) is 18.8 Å². The highest BCUT2D eigenvalue weighted by atomic mass is 32.2. The van der Waals surface area contributed by atoms with Crippen LogP contribution in [-0.4, -0.2) is 69.3 Å². The number of benzene rings is 1. The van der Waals surface area contributed by atoms with E-state index in [0.717, 1.165) is 15.8 Å². The van der Waals surface area contributed by atoms with E-state index in [4.69, 9.17) is 4.74 Å². The van der Waals surface area contributed by atoms with Gasteiger partial charge in [0.1, 0.15) is 6.54 Å². The number of amides is 2. The van der Waals surface area contributed by atoms with Crippen molar-refractivity contribution < 1.29 is 14.3 Å². The minimum absolute atomic E-state index is 0.0653. The van der Waals surface area contributed by atoms with Crippen LogP contribution in [0.25, 0.3) is 10.9 Å². The van der Waals surface area contributed by atoms with Crippen molar-refractivity contribution >= 4 is 34.5 Å². The second-order valence-electron chi connectivity index (χ2n) is 8.97. The van der Waals surface area contributed by atoms with Crippen LogP contribution < -0.4 is 0 Å². The Bertz CT molecular complexity index is 906. The first-order valence-corrected chi connectivity index (χ1v) is 12.1. The molecule has 6 nitrogen and oxygen atoms in total. The average molecular weight is 446 g/mol. The molecule has 1 aromatic carbocycles. The van der Waals surface area contributed by atoms with Gasteiger partial charge in [0, 0.05) is 47.2 Å². The normalized spacial score (nSPS) is 19.4. The molecule has 1 aromatic heterocycles. The molecule has 0 radical (unpaired) electrons. The molecule has 1 fully saturated rings. The summed E-state index contributed by atoms with van der Waals surface area (Å²) in [5, 5.41) is 1.08. The average Bonchev–Trinajstić information content (AvgIpc) is 3.02. The topological polar surface area (TPSA) is 54.8 Å². The maximum atomic E-state index is 13.0. The van der Waals surface area contributed by atoms with Crippen molar-refractivity contribution in [1.29, 1.82) is 0 Å². The predicted octanol–water partition coefficient (Wildman–Crippen LogP) is 4.01. The van der Waals surface area contributed by atoms with Gasteiger partial charge in [-0.25, -0.2) is 0 Å². The Morgan fingerprint density at radius 2 is 1.71 bits per heavy atom. The highest BCUT2D eigenvalue weighted by Gasteiger charge is 2.26. The molecule has 0 bridgehead atoms.